The van der Waals surface area contributed by atoms with Crippen molar-refractivity contribution in [3.8, 4) is 5.75 Å². The molecule has 0 spiro atoms. The van der Waals surface area contributed by atoms with Gasteiger partial charge in [-0.3, -0.25) is 0 Å². The average Bonchev–Trinajstić information content (AvgIpc) is 2.18. The van der Waals surface area contributed by atoms with Gasteiger partial charge in [-0.1, -0.05) is 20.8 Å². The van der Waals surface area contributed by atoms with E-state index in [1.807, 2.05) is 20.8 Å². The molecule has 0 amide bonds. The number of hydrogen-bond donors (Lipinski definition) is 1. The summed E-state index contributed by atoms with van der Waals surface area (Å²) in [5.41, 5.74) is 0.598. The Morgan fingerprint density at radius 3 is 2.47 bits per heavy atom. The van der Waals surface area contributed by atoms with Crippen LogP contribution in [-0.4, -0.2) is 12.2 Å². The largest absolute Gasteiger partial charge is 0.496 e. The first-order valence-electron chi connectivity index (χ1n) is 5.45. The van der Waals surface area contributed by atoms with Crippen molar-refractivity contribution >= 4 is 15.9 Å². The monoisotopic (exact) mass is 304 g/mol. The first-order chi connectivity index (χ1) is 7.74. The van der Waals surface area contributed by atoms with Gasteiger partial charge < -0.3 is 9.84 Å². The summed E-state index contributed by atoms with van der Waals surface area (Å²) >= 11 is 3.12. The van der Waals surface area contributed by atoms with Crippen LogP contribution in [0.15, 0.2) is 16.6 Å². The van der Waals surface area contributed by atoms with Gasteiger partial charge in [0.05, 0.1) is 17.7 Å². The summed E-state index contributed by atoms with van der Waals surface area (Å²) in [4.78, 5) is 0. The Kier molecular flexibility index (Phi) is 4.55. The number of ether oxygens (including phenoxy) is 1. The van der Waals surface area contributed by atoms with Crippen LogP contribution in [0.5, 0.6) is 5.75 Å². The summed E-state index contributed by atoms with van der Waals surface area (Å²) in [6.45, 7) is 6.13. The molecule has 1 aromatic rings. The molecule has 4 heteroatoms. The Balaban J connectivity index is 3.08. The standard InChI is InChI=1S/C13H18BrFO2/c1-13(2,3)7-11(16)8-5-9(14)10(15)6-12(8)17-4/h5-6,11,16H,7H2,1-4H3. The molecule has 17 heavy (non-hydrogen) atoms. The maximum absolute atomic E-state index is 13.3. The number of aliphatic hydroxyl groups is 1. The number of rotatable bonds is 3. The summed E-state index contributed by atoms with van der Waals surface area (Å²) in [6, 6.07) is 2.86. The number of benzene rings is 1. The predicted molar refractivity (Wildman–Crippen MR) is 69.7 cm³/mol. The van der Waals surface area contributed by atoms with Crippen molar-refractivity contribution in [2.45, 2.75) is 33.3 Å². The van der Waals surface area contributed by atoms with Crippen LogP contribution in [0.3, 0.4) is 0 Å². The van der Waals surface area contributed by atoms with Crippen LogP contribution in [0.1, 0.15) is 38.9 Å². The summed E-state index contributed by atoms with van der Waals surface area (Å²) in [5.74, 6) is -0.0176. The Hall–Kier alpha value is -0.610. The molecule has 0 bridgehead atoms. The van der Waals surface area contributed by atoms with Crippen molar-refractivity contribution in [1.82, 2.24) is 0 Å². The first kappa shape index (κ1) is 14.5. The first-order valence-corrected chi connectivity index (χ1v) is 6.25. The van der Waals surface area contributed by atoms with E-state index in [2.05, 4.69) is 15.9 Å². The van der Waals surface area contributed by atoms with E-state index in [0.29, 0.717) is 22.2 Å². The molecule has 0 saturated heterocycles. The van der Waals surface area contributed by atoms with Gasteiger partial charge in [0.15, 0.2) is 0 Å². The van der Waals surface area contributed by atoms with Crippen LogP contribution in [-0.2, 0) is 0 Å². The summed E-state index contributed by atoms with van der Waals surface area (Å²) in [5, 5.41) is 10.2. The van der Waals surface area contributed by atoms with Crippen molar-refractivity contribution in [3.05, 3.63) is 28.0 Å². The minimum absolute atomic E-state index is 0.00864. The molecule has 0 fully saturated rings. The maximum atomic E-state index is 13.3. The fraction of sp³-hybridized carbons (Fsp3) is 0.538. The van der Waals surface area contributed by atoms with E-state index in [-0.39, 0.29) is 5.41 Å². The Bertz CT molecular complexity index is 399. The minimum atomic E-state index is -0.665. The smallest absolute Gasteiger partial charge is 0.141 e. The lowest BCUT2D eigenvalue weighted by Gasteiger charge is -2.24. The van der Waals surface area contributed by atoms with E-state index in [0.717, 1.165) is 0 Å². The predicted octanol–water partition coefficient (Wildman–Crippen LogP) is 4.07. The third-order valence-electron chi connectivity index (χ3n) is 2.44. The van der Waals surface area contributed by atoms with Gasteiger partial charge in [-0.25, -0.2) is 4.39 Å². The highest BCUT2D eigenvalue weighted by Crippen LogP contribution is 2.36. The second-order valence-electron chi connectivity index (χ2n) is 5.29. The zero-order valence-electron chi connectivity index (χ0n) is 10.6. The van der Waals surface area contributed by atoms with Gasteiger partial charge in [-0.15, -0.1) is 0 Å². The highest BCUT2D eigenvalue weighted by molar-refractivity contribution is 9.10. The molecule has 1 atom stereocenters. The van der Waals surface area contributed by atoms with Crippen LogP contribution in [0.25, 0.3) is 0 Å². The van der Waals surface area contributed by atoms with Crippen molar-refractivity contribution in [2.24, 2.45) is 5.41 Å². The molecular weight excluding hydrogens is 287 g/mol. The minimum Gasteiger partial charge on any atom is -0.496 e. The average molecular weight is 305 g/mol. The molecule has 0 aliphatic carbocycles. The molecule has 1 aromatic carbocycles. The maximum Gasteiger partial charge on any atom is 0.141 e. The number of methoxy groups -OCH3 is 1. The molecule has 1 rings (SSSR count). The summed E-state index contributed by atoms with van der Waals surface area (Å²) in [7, 11) is 1.47. The van der Waals surface area contributed by atoms with E-state index in [1.54, 1.807) is 6.07 Å². The lowest BCUT2D eigenvalue weighted by atomic mass is 9.86. The Labute approximate surface area is 110 Å². The lowest BCUT2D eigenvalue weighted by molar-refractivity contribution is 0.119. The molecule has 0 heterocycles. The molecule has 0 aliphatic heterocycles. The Morgan fingerprint density at radius 1 is 1.41 bits per heavy atom. The number of halogens is 2. The third kappa shape index (κ3) is 3.96. The lowest BCUT2D eigenvalue weighted by Crippen LogP contribution is -2.12. The van der Waals surface area contributed by atoms with Gasteiger partial charge in [0.25, 0.3) is 0 Å². The molecule has 96 valence electrons. The van der Waals surface area contributed by atoms with Gasteiger partial charge in [-0.05, 0) is 33.8 Å². The normalized spacial score (nSPS) is 13.6. The summed E-state index contributed by atoms with van der Waals surface area (Å²) < 4.78 is 18.8. The Morgan fingerprint density at radius 2 is 2.00 bits per heavy atom. The van der Waals surface area contributed by atoms with E-state index >= 15 is 0 Å². The zero-order valence-corrected chi connectivity index (χ0v) is 12.1. The van der Waals surface area contributed by atoms with Crippen LogP contribution in [0.4, 0.5) is 4.39 Å². The molecule has 0 saturated carbocycles. The van der Waals surface area contributed by atoms with Crippen molar-refractivity contribution in [2.75, 3.05) is 7.11 Å². The van der Waals surface area contributed by atoms with Crippen molar-refractivity contribution in [1.29, 1.82) is 0 Å². The number of hydrogen-bond acceptors (Lipinski definition) is 2. The molecule has 0 aromatic heterocycles. The van der Waals surface area contributed by atoms with Gasteiger partial charge in [0, 0.05) is 11.6 Å². The van der Waals surface area contributed by atoms with Crippen molar-refractivity contribution in [3.63, 3.8) is 0 Å². The van der Waals surface area contributed by atoms with Gasteiger partial charge in [-0.2, -0.15) is 0 Å². The second kappa shape index (κ2) is 5.36. The van der Waals surface area contributed by atoms with Crippen LogP contribution >= 0.6 is 15.9 Å². The van der Waals surface area contributed by atoms with Crippen LogP contribution in [0.2, 0.25) is 0 Å². The highest BCUT2D eigenvalue weighted by Gasteiger charge is 2.22. The molecule has 0 radical (unpaired) electrons. The molecule has 1 unspecified atom stereocenters. The molecule has 1 N–H and O–H groups in total. The van der Waals surface area contributed by atoms with E-state index in [1.165, 1.54) is 13.2 Å². The SMILES string of the molecule is COc1cc(F)c(Br)cc1C(O)CC(C)(C)C. The fourth-order valence-corrected chi connectivity index (χ4v) is 2.03. The topological polar surface area (TPSA) is 29.5 Å². The zero-order chi connectivity index (χ0) is 13.2. The summed E-state index contributed by atoms with van der Waals surface area (Å²) in [6.07, 6.45) is -0.0802. The van der Waals surface area contributed by atoms with Crippen molar-refractivity contribution < 1.29 is 14.2 Å². The van der Waals surface area contributed by atoms with Gasteiger partial charge >= 0.3 is 0 Å². The fourth-order valence-electron chi connectivity index (χ4n) is 1.67. The molecule has 2 nitrogen and oxygen atoms in total. The highest BCUT2D eigenvalue weighted by atomic mass is 79.9. The third-order valence-corrected chi connectivity index (χ3v) is 3.05. The van der Waals surface area contributed by atoms with E-state index < -0.39 is 11.9 Å². The van der Waals surface area contributed by atoms with Crippen LogP contribution < -0.4 is 4.74 Å². The quantitative estimate of drug-likeness (QED) is 0.912. The molecular formula is C13H18BrFO2. The second-order valence-corrected chi connectivity index (χ2v) is 6.14. The van der Waals surface area contributed by atoms with Crippen LogP contribution in [0, 0.1) is 11.2 Å². The van der Waals surface area contributed by atoms with Gasteiger partial charge in [0.2, 0.25) is 0 Å². The van der Waals surface area contributed by atoms with E-state index in [4.69, 9.17) is 4.74 Å². The van der Waals surface area contributed by atoms with Gasteiger partial charge in [0.1, 0.15) is 11.6 Å². The van der Waals surface area contributed by atoms with E-state index in [9.17, 15) is 9.50 Å². The number of aliphatic hydroxyl groups excluding tert-OH is 1. The molecule has 0 aliphatic rings.